The number of carbonyl (C=O) groups excluding carboxylic acids is 1. The fourth-order valence-corrected chi connectivity index (χ4v) is 1.27. The summed E-state index contributed by atoms with van der Waals surface area (Å²) < 4.78 is 37.1. The minimum atomic E-state index is -4.63. The van der Waals surface area contributed by atoms with E-state index < -0.39 is 22.4 Å². The summed E-state index contributed by atoms with van der Waals surface area (Å²) in [4.78, 5) is 19.8. The second kappa shape index (κ2) is 5.44. The van der Waals surface area contributed by atoms with E-state index in [-0.39, 0.29) is 12.0 Å². The molecule has 0 fully saturated rings. The first kappa shape index (κ1) is 13.9. The lowest BCUT2D eigenvalue weighted by Gasteiger charge is -2.07. The van der Waals surface area contributed by atoms with E-state index >= 15 is 0 Å². The monoisotopic (exact) mass is 259 g/mol. The first-order valence-electron chi connectivity index (χ1n) is 4.82. The van der Waals surface area contributed by atoms with Crippen LogP contribution in [0.1, 0.15) is 17.5 Å². The standard InChI is InChI=1S/C11H8F3NO3/c12-11(13,14)9-5-4-8(3-1-2-6-16)10(7-9)15(17)18/h1,3-7H,2H2. The summed E-state index contributed by atoms with van der Waals surface area (Å²) >= 11 is 0. The molecule has 0 heterocycles. The van der Waals surface area contributed by atoms with Crippen molar-refractivity contribution in [3.05, 3.63) is 45.5 Å². The van der Waals surface area contributed by atoms with Crippen LogP contribution in [0.2, 0.25) is 0 Å². The zero-order chi connectivity index (χ0) is 13.8. The Kier molecular flexibility index (Phi) is 4.19. The van der Waals surface area contributed by atoms with Crippen LogP contribution in [-0.4, -0.2) is 11.2 Å². The molecule has 1 aromatic rings. The van der Waals surface area contributed by atoms with Gasteiger partial charge in [-0.05, 0) is 12.1 Å². The number of halogens is 3. The molecule has 0 bridgehead atoms. The highest BCUT2D eigenvalue weighted by molar-refractivity contribution is 5.64. The number of alkyl halides is 3. The van der Waals surface area contributed by atoms with Crippen LogP contribution < -0.4 is 0 Å². The molecule has 0 atom stereocenters. The molecular weight excluding hydrogens is 251 g/mol. The summed E-state index contributed by atoms with van der Waals surface area (Å²) in [5.41, 5.74) is -1.71. The highest BCUT2D eigenvalue weighted by Crippen LogP contribution is 2.33. The number of benzene rings is 1. The van der Waals surface area contributed by atoms with Crippen LogP contribution in [-0.2, 0) is 11.0 Å². The van der Waals surface area contributed by atoms with Crippen LogP contribution in [0, 0.1) is 10.1 Å². The highest BCUT2D eigenvalue weighted by Gasteiger charge is 2.32. The maximum absolute atomic E-state index is 12.4. The van der Waals surface area contributed by atoms with Crippen LogP contribution >= 0.6 is 0 Å². The van der Waals surface area contributed by atoms with Crippen molar-refractivity contribution in [1.29, 1.82) is 0 Å². The van der Waals surface area contributed by atoms with Crippen LogP contribution in [0.15, 0.2) is 24.3 Å². The van der Waals surface area contributed by atoms with E-state index in [1.54, 1.807) is 0 Å². The van der Waals surface area contributed by atoms with Gasteiger partial charge >= 0.3 is 6.18 Å². The van der Waals surface area contributed by atoms with Crippen molar-refractivity contribution in [3.63, 3.8) is 0 Å². The number of allylic oxidation sites excluding steroid dienone is 1. The van der Waals surface area contributed by atoms with Crippen molar-refractivity contribution < 1.29 is 22.9 Å². The molecule has 0 N–H and O–H groups in total. The Morgan fingerprint density at radius 2 is 2.00 bits per heavy atom. The number of rotatable bonds is 4. The summed E-state index contributed by atoms with van der Waals surface area (Å²) in [5, 5.41) is 10.7. The Hall–Kier alpha value is -2.18. The van der Waals surface area contributed by atoms with Crippen molar-refractivity contribution in [2.45, 2.75) is 12.6 Å². The van der Waals surface area contributed by atoms with Crippen LogP contribution in [0.3, 0.4) is 0 Å². The molecule has 1 rings (SSSR count). The van der Waals surface area contributed by atoms with Crippen molar-refractivity contribution in [3.8, 4) is 0 Å². The first-order valence-corrected chi connectivity index (χ1v) is 4.82. The van der Waals surface area contributed by atoms with Crippen LogP contribution in [0.25, 0.3) is 6.08 Å². The van der Waals surface area contributed by atoms with Gasteiger partial charge in [-0.2, -0.15) is 13.2 Å². The number of nitro benzene ring substituents is 1. The largest absolute Gasteiger partial charge is 0.416 e. The Morgan fingerprint density at radius 1 is 1.33 bits per heavy atom. The molecule has 18 heavy (non-hydrogen) atoms. The summed E-state index contributed by atoms with van der Waals surface area (Å²) in [5.74, 6) is 0. The zero-order valence-electron chi connectivity index (χ0n) is 8.98. The van der Waals surface area contributed by atoms with Crippen molar-refractivity contribution >= 4 is 18.0 Å². The summed E-state index contributed by atoms with van der Waals surface area (Å²) in [6.45, 7) is 0. The van der Waals surface area contributed by atoms with Crippen molar-refractivity contribution in [1.82, 2.24) is 0 Å². The van der Waals surface area contributed by atoms with Gasteiger partial charge in [0, 0.05) is 12.5 Å². The molecule has 0 aromatic heterocycles. The molecule has 1 aromatic carbocycles. The number of nitrogens with zero attached hydrogens (tertiary/aromatic N) is 1. The molecule has 0 aliphatic heterocycles. The maximum Gasteiger partial charge on any atom is 0.416 e. The normalized spacial score (nSPS) is 11.7. The van der Waals surface area contributed by atoms with Gasteiger partial charge in [0.25, 0.3) is 5.69 Å². The Balaban J connectivity index is 3.21. The molecule has 0 amide bonds. The maximum atomic E-state index is 12.4. The molecule has 7 heteroatoms. The lowest BCUT2D eigenvalue weighted by Crippen LogP contribution is -2.06. The average Bonchev–Trinajstić information content (AvgIpc) is 2.28. The van der Waals surface area contributed by atoms with Crippen molar-refractivity contribution in [2.75, 3.05) is 0 Å². The minimum Gasteiger partial charge on any atom is -0.303 e. The number of hydrogen-bond acceptors (Lipinski definition) is 3. The summed E-state index contributed by atoms with van der Waals surface area (Å²) in [6.07, 6.45) is -1.43. The summed E-state index contributed by atoms with van der Waals surface area (Å²) in [7, 11) is 0. The lowest BCUT2D eigenvalue weighted by atomic mass is 10.1. The molecule has 0 saturated carbocycles. The minimum absolute atomic E-state index is 0.0230. The number of aldehydes is 1. The molecule has 0 aliphatic rings. The van der Waals surface area contributed by atoms with E-state index in [1.165, 1.54) is 12.2 Å². The fraction of sp³-hybridized carbons (Fsp3) is 0.182. The SMILES string of the molecule is O=CCC=Cc1ccc(C(F)(F)F)cc1[N+](=O)[O-]. The van der Waals surface area contributed by atoms with Crippen LogP contribution in [0.4, 0.5) is 18.9 Å². The molecule has 0 saturated heterocycles. The summed E-state index contributed by atoms with van der Waals surface area (Å²) in [6, 6.07) is 2.23. The van der Waals surface area contributed by atoms with Gasteiger partial charge in [-0.15, -0.1) is 0 Å². The zero-order valence-corrected chi connectivity index (χ0v) is 8.98. The third-order valence-corrected chi connectivity index (χ3v) is 2.08. The van der Waals surface area contributed by atoms with Gasteiger partial charge in [0.15, 0.2) is 0 Å². The van der Waals surface area contributed by atoms with E-state index in [9.17, 15) is 28.1 Å². The molecule has 96 valence electrons. The van der Waals surface area contributed by atoms with E-state index in [0.29, 0.717) is 12.4 Å². The van der Waals surface area contributed by atoms with Gasteiger partial charge in [0.2, 0.25) is 0 Å². The Bertz CT molecular complexity index is 495. The third-order valence-electron chi connectivity index (χ3n) is 2.08. The molecule has 4 nitrogen and oxygen atoms in total. The van der Waals surface area contributed by atoms with Crippen molar-refractivity contribution in [2.24, 2.45) is 0 Å². The lowest BCUT2D eigenvalue weighted by molar-refractivity contribution is -0.385. The molecular formula is C11H8F3NO3. The fourth-order valence-electron chi connectivity index (χ4n) is 1.27. The van der Waals surface area contributed by atoms with E-state index in [4.69, 9.17) is 0 Å². The van der Waals surface area contributed by atoms with Gasteiger partial charge in [-0.1, -0.05) is 12.2 Å². The topological polar surface area (TPSA) is 60.2 Å². The molecule has 0 aliphatic carbocycles. The second-order valence-electron chi connectivity index (χ2n) is 3.33. The predicted molar refractivity (Wildman–Crippen MR) is 57.8 cm³/mol. The van der Waals surface area contributed by atoms with E-state index in [0.717, 1.165) is 12.1 Å². The molecule has 0 spiro atoms. The van der Waals surface area contributed by atoms with Gasteiger partial charge in [0.1, 0.15) is 6.29 Å². The number of hydrogen-bond donors (Lipinski definition) is 0. The molecule has 0 radical (unpaired) electrons. The average molecular weight is 259 g/mol. The van der Waals surface area contributed by atoms with Gasteiger partial charge < -0.3 is 4.79 Å². The van der Waals surface area contributed by atoms with Gasteiger partial charge in [-0.3, -0.25) is 10.1 Å². The van der Waals surface area contributed by atoms with E-state index in [1.807, 2.05) is 0 Å². The smallest absolute Gasteiger partial charge is 0.303 e. The Morgan fingerprint density at radius 3 is 2.50 bits per heavy atom. The molecule has 0 unspecified atom stereocenters. The second-order valence-corrected chi connectivity index (χ2v) is 3.33. The first-order chi connectivity index (χ1) is 8.36. The number of carbonyl (C=O) groups is 1. The van der Waals surface area contributed by atoms with E-state index in [2.05, 4.69) is 0 Å². The van der Waals surface area contributed by atoms with Gasteiger partial charge in [0.05, 0.1) is 16.1 Å². The predicted octanol–water partition coefficient (Wildman–Crippen LogP) is 3.22. The Labute approximate surface area is 99.9 Å². The number of nitro groups is 1. The van der Waals surface area contributed by atoms with Crippen LogP contribution in [0.5, 0.6) is 0 Å². The highest BCUT2D eigenvalue weighted by atomic mass is 19.4. The van der Waals surface area contributed by atoms with Gasteiger partial charge in [-0.25, -0.2) is 0 Å². The third kappa shape index (κ3) is 3.41. The quantitative estimate of drug-likeness (QED) is 0.474.